The van der Waals surface area contributed by atoms with Crippen molar-refractivity contribution in [3.8, 4) is 11.5 Å². The summed E-state index contributed by atoms with van der Waals surface area (Å²) in [6.07, 6.45) is 2.78. The minimum absolute atomic E-state index is 0.0326. The lowest BCUT2D eigenvalue weighted by Gasteiger charge is -2.07. The van der Waals surface area contributed by atoms with E-state index in [0.717, 1.165) is 27.8 Å². The van der Waals surface area contributed by atoms with Crippen molar-refractivity contribution in [2.45, 2.75) is 13.0 Å². The van der Waals surface area contributed by atoms with Crippen LogP contribution in [0, 0.1) is 0 Å². The Labute approximate surface area is 162 Å². The summed E-state index contributed by atoms with van der Waals surface area (Å²) in [5.41, 5.74) is 2.54. The van der Waals surface area contributed by atoms with Crippen LogP contribution >= 0.6 is 27.5 Å². The highest BCUT2D eigenvalue weighted by Gasteiger charge is 2.22. The summed E-state index contributed by atoms with van der Waals surface area (Å²) in [5, 5.41) is 1.15. The van der Waals surface area contributed by atoms with Gasteiger partial charge in [0.2, 0.25) is 6.79 Å². The van der Waals surface area contributed by atoms with Crippen molar-refractivity contribution in [3.05, 3.63) is 61.6 Å². The largest absolute Gasteiger partial charge is 0.454 e. The molecule has 0 spiro atoms. The van der Waals surface area contributed by atoms with Gasteiger partial charge in [0.05, 0.1) is 10.9 Å². The minimum Gasteiger partial charge on any atom is -0.454 e. The lowest BCUT2D eigenvalue weighted by Crippen LogP contribution is -2.20. The molecule has 5 nitrogen and oxygen atoms in total. The molecule has 0 atom stereocenters. The van der Waals surface area contributed by atoms with Crippen LogP contribution in [0.2, 0.25) is 5.02 Å². The second-order valence-electron chi connectivity index (χ2n) is 6.20. The van der Waals surface area contributed by atoms with E-state index < -0.39 is 0 Å². The molecule has 0 N–H and O–H groups in total. The van der Waals surface area contributed by atoms with Gasteiger partial charge in [-0.1, -0.05) is 27.5 Å². The zero-order valence-corrected chi connectivity index (χ0v) is 15.8. The smallest absolute Gasteiger partial charge is 0.261 e. The Morgan fingerprint density at radius 2 is 2.00 bits per heavy atom. The van der Waals surface area contributed by atoms with Crippen molar-refractivity contribution in [1.29, 1.82) is 0 Å². The van der Waals surface area contributed by atoms with Crippen LogP contribution in [0.4, 0.5) is 0 Å². The van der Waals surface area contributed by atoms with Gasteiger partial charge in [-0.05, 0) is 54.0 Å². The second-order valence-corrected chi connectivity index (χ2v) is 7.49. The lowest BCUT2D eigenvalue weighted by atomic mass is 10.1. The van der Waals surface area contributed by atoms with Crippen molar-refractivity contribution in [2.24, 2.45) is 0 Å². The molecule has 130 valence electrons. The summed E-state index contributed by atoms with van der Waals surface area (Å²) >= 11 is 9.64. The molecule has 2 aliphatic heterocycles. The number of rotatable bonds is 1. The zero-order valence-electron chi connectivity index (χ0n) is 13.5. The molecule has 2 aliphatic rings. The van der Waals surface area contributed by atoms with Crippen molar-refractivity contribution < 1.29 is 9.47 Å². The van der Waals surface area contributed by atoms with E-state index in [1.807, 2.05) is 18.2 Å². The molecule has 0 amide bonds. The van der Waals surface area contributed by atoms with Crippen LogP contribution in [0.5, 0.6) is 11.5 Å². The van der Waals surface area contributed by atoms with Crippen LogP contribution in [-0.4, -0.2) is 16.3 Å². The molecule has 5 rings (SSSR count). The van der Waals surface area contributed by atoms with Gasteiger partial charge in [-0.25, -0.2) is 4.98 Å². The third-order valence-electron chi connectivity index (χ3n) is 4.63. The highest BCUT2D eigenvalue weighted by atomic mass is 79.9. The van der Waals surface area contributed by atoms with E-state index in [9.17, 15) is 4.79 Å². The van der Waals surface area contributed by atoms with E-state index >= 15 is 0 Å². The fourth-order valence-corrected chi connectivity index (χ4v) is 3.96. The summed E-state index contributed by atoms with van der Waals surface area (Å²) in [6.45, 7) is 0.849. The molecule has 0 aliphatic carbocycles. The Morgan fingerprint density at radius 3 is 2.85 bits per heavy atom. The highest BCUT2D eigenvalue weighted by Crippen LogP contribution is 2.39. The third kappa shape index (κ3) is 2.44. The summed E-state index contributed by atoms with van der Waals surface area (Å²) in [4.78, 5) is 17.5. The van der Waals surface area contributed by atoms with Crippen LogP contribution in [0.25, 0.3) is 22.6 Å². The molecular weight excluding hydrogens is 420 g/mol. The van der Waals surface area contributed by atoms with E-state index in [4.69, 9.17) is 26.1 Å². The standard InChI is InChI=1S/C19H12BrClN2O3/c20-14-8-17-16(25-9-26-17)6-11(14)5-10-3-4-23-18(10)22-15-7-12(21)1-2-13(15)19(23)24/h1-2,5-8H,3-4,9H2/b10-5+. The van der Waals surface area contributed by atoms with Gasteiger partial charge >= 0.3 is 0 Å². The molecule has 0 bridgehead atoms. The molecule has 1 aromatic heterocycles. The molecule has 2 aromatic carbocycles. The first-order chi connectivity index (χ1) is 12.6. The Kier molecular flexibility index (Phi) is 3.58. The predicted molar refractivity (Wildman–Crippen MR) is 104 cm³/mol. The number of aromatic nitrogens is 2. The summed E-state index contributed by atoms with van der Waals surface area (Å²) < 4.78 is 13.5. The molecule has 0 saturated carbocycles. The number of hydrogen-bond acceptors (Lipinski definition) is 4. The molecule has 0 unspecified atom stereocenters. The topological polar surface area (TPSA) is 53.4 Å². The molecule has 0 saturated heterocycles. The summed E-state index contributed by atoms with van der Waals surface area (Å²) in [5.74, 6) is 2.13. The Morgan fingerprint density at radius 1 is 1.19 bits per heavy atom. The average Bonchev–Trinajstić information content (AvgIpc) is 3.22. The number of allylic oxidation sites excluding steroid dienone is 1. The Balaban J connectivity index is 1.67. The van der Waals surface area contributed by atoms with Crippen LogP contribution in [0.15, 0.2) is 39.6 Å². The molecule has 3 heterocycles. The minimum atomic E-state index is -0.0326. The SMILES string of the molecule is O=c1c2ccc(Cl)cc2nc2n1CC/C2=C\c1cc2c(cc1Br)OCO2. The lowest BCUT2D eigenvalue weighted by molar-refractivity contribution is 0.174. The predicted octanol–water partition coefficient (Wildman–Crippen LogP) is 4.49. The number of hydrogen-bond donors (Lipinski definition) is 0. The van der Waals surface area contributed by atoms with Gasteiger partial charge < -0.3 is 9.47 Å². The molecular formula is C19H12BrClN2O3. The van der Waals surface area contributed by atoms with E-state index in [1.54, 1.807) is 22.8 Å². The van der Waals surface area contributed by atoms with Gasteiger partial charge in [0.1, 0.15) is 5.82 Å². The van der Waals surface area contributed by atoms with Gasteiger partial charge in [-0.3, -0.25) is 9.36 Å². The zero-order chi connectivity index (χ0) is 17.8. The number of halogens is 2. The van der Waals surface area contributed by atoms with Crippen LogP contribution < -0.4 is 15.0 Å². The summed E-state index contributed by atoms with van der Waals surface area (Å²) in [6, 6.07) is 9.00. The van der Waals surface area contributed by atoms with Crippen LogP contribution in [0.3, 0.4) is 0 Å². The van der Waals surface area contributed by atoms with E-state index in [0.29, 0.717) is 34.0 Å². The second kappa shape index (κ2) is 5.86. The molecule has 0 fully saturated rings. The number of benzene rings is 2. The summed E-state index contributed by atoms with van der Waals surface area (Å²) in [7, 11) is 0. The van der Waals surface area contributed by atoms with Crippen molar-refractivity contribution >= 4 is 50.1 Å². The quantitative estimate of drug-likeness (QED) is 0.570. The maximum absolute atomic E-state index is 12.8. The van der Waals surface area contributed by atoms with E-state index in [-0.39, 0.29) is 12.4 Å². The number of nitrogens with zero attached hydrogens (tertiary/aromatic N) is 2. The fourth-order valence-electron chi connectivity index (χ4n) is 3.36. The van der Waals surface area contributed by atoms with Crippen molar-refractivity contribution in [1.82, 2.24) is 9.55 Å². The van der Waals surface area contributed by atoms with Gasteiger partial charge in [0, 0.05) is 16.0 Å². The maximum atomic E-state index is 12.8. The van der Waals surface area contributed by atoms with Crippen LogP contribution in [0.1, 0.15) is 17.8 Å². The van der Waals surface area contributed by atoms with Crippen molar-refractivity contribution in [3.63, 3.8) is 0 Å². The third-order valence-corrected chi connectivity index (χ3v) is 5.55. The van der Waals surface area contributed by atoms with Gasteiger partial charge in [-0.2, -0.15) is 0 Å². The molecule has 26 heavy (non-hydrogen) atoms. The van der Waals surface area contributed by atoms with Gasteiger partial charge in [-0.15, -0.1) is 0 Å². The highest BCUT2D eigenvalue weighted by molar-refractivity contribution is 9.10. The monoisotopic (exact) mass is 430 g/mol. The molecule has 7 heteroatoms. The normalized spacial score (nSPS) is 16.5. The van der Waals surface area contributed by atoms with Gasteiger partial charge in [0.15, 0.2) is 11.5 Å². The Bertz CT molecular complexity index is 1170. The van der Waals surface area contributed by atoms with E-state index in [1.165, 1.54) is 0 Å². The molecule has 0 radical (unpaired) electrons. The first-order valence-electron chi connectivity index (χ1n) is 8.10. The average molecular weight is 432 g/mol. The van der Waals surface area contributed by atoms with E-state index in [2.05, 4.69) is 15.9 Å². The number of ether oxygens (including phenoxy) is 2. The number of fused-ring (bicyclic) bond motifs is 3. The first kappa shape index (κ1) is 15.9. The fraction of sp³-hybridized carbons (Fsp3) is 0.158. The maximum Gasteiger partial charge on any atom is 0.261 e. The van der Waals surface area contributed by atoms with Crippen LogP contribution in [-0.2, 0) is 6.54 Å². The molecule has 3 aromatic rings. The van der Waals surface area contributed by atoms with Gasteiger partial charge in [0.25, 0.3) is 5.56 Å². The Hall–Kier alpha value is -2.31. The first-order valence-corrected chi connectivity index (χ1v) is 9.27. The van der Waals surface area contributed by atoms with Crippen molar-refractivity contribution in [2.75, 3.05) is 6.79 Å².